The van der Waals surface area contributed by atoms with Crippen molar-refractivity contribution < 1.29 is 38.1 Å². The first kappa shape index (κ1) is 24.6. The van der Waals surface area contributed by atoms with Gasteiger partial charge in [0, 0.05) is 11.1 Å². The Hall–Kier alpha value is -3.09. The molecule has 0 radical (unpaired) electrons. The van der Waals surface area contributed by atoms with Crippen LogP contribution in [0.25, 0.3) is 5.57 Å². The zero-order valence-electron chi connectivity index (χ0n) is 17.8. The number of fused-ring (bicyclic) bond motifs is 1. The molecule has 0 atom stereocenters. The maximum atomic E-state index is 12.5. The van der Waals surface area contributed by atoms with Crippen molar-refractivity contribution in [1.29, 1.82) is 0 Å². The Morgan fingerprint density at radius 3 is 1.97 bits per heavy atom. The quantitative estimate of drug-likeness (QED) is 0.253. The summed E-state index contributed by atoms with van der Waals surface area (Å²) >= 11 is 7.71. The fourth-order valence-corrected chi connectivity index (χ4v) is 6.13. The van der Waals surface area contributed by atoms with Crippen molar-refractivity contribution in [3.63, 3.8) is 0 Å². The van der Waals surface area contributed by atoms with Crippen molar-refractivity contribution in [2.75, 3.05) is 33.3 Å². The van der Waals surface area contributed by atoms with Gasteiger partial charge in [-0.05, 0) is 6.07 Å². The van der Waals surface area contributed by atoms with E-state index in [-0.39, 0.29) is 20.5 Å². The van der Waals surface area contributed by atoms with Gasteiger partial charge in [0.25, 0.3) is 0 Å². The van der Waals surface area contributed by atoms with E-state index in [1.807, 2.05) is 0 Å². The fourth-order valence-electron chi connectivity index (χ4n) is 3.00. The van der Waals surface area contributed by atoms with Crippen LogP contribution in [0, 0.1) is 0 Å². The summed E-state index contributed by atoms with van der Waals surface area (Å²) in [7, 11) is 4.77. The van der Waals surface area contributed by atoms with E-state index in [1.165, 1.54) is 33.3 Å². The maximum Gasteiger partial charge on any atom is 0.355 e. The number of para-hydroxylation sites is 1. The molecule has 0 aromatic heterocycles. The number of rotatable bonds is 5. The Bertz CT molecular complexity index is 1140. The lowest BCUT2D eigenvalue weighted by Crippen LogP contribution is -2.30. The molecule has 0 unspecified atom stereocenters. The molecule has 1 aromatic carbocycles. The number of anilines is 1. The summed E-state index contributed by atoms with van der Waals surface area (Å²) in [6, 6.07) is 6.99. The average Bonchev–Trinajstić information content (AvgIpc) is 3.39. The van der Waals surface area contributed by atoms with Crippen LogP contribution in [0.1, 0.15) is 5.56 Å². The summed E-state index contributed by atoms with van der Waals surface area (Å²) in [4.78, 5) is 50.7. The fraction of sp³-hybridized carbons (Fsp3) is 0.190. The van der Waals surface area contributed by atoms with Gasteiger partial charge in [-0.3, -0.25) is 4.90 Å². The van der Waals surface area contributed by atoms with Gasteiger partial charge in [0.05, 0.1) is 44.4 Å². The highest BCUT2D eigenvalue weighted by Gasteiger charge is 2.41. The molecule has 0 N–H and O–H groups in total. The second-order valence-electron chi connectivity index (χ2n) is 6.21. The van der Waals surface area contributed by atoms with Gasteiger partial charge >= 0.3 is 23.9 Å². The molecule has 12 heteroatoms. The van der Waals surface area contributed by atoms with Crippen molar-refractivity contribution in [2.24, 2.45) is 0 Å². The largest absolute Gasteiger partial charge is 0.466 e. The van der Waals surface area contributed by atoms with Gasteiger partial charge in [-0.15, -0.1) is 0 Å². The first-order valence-electron chi connectivity index (χ1n) is 9.11. The predicted octanol–water partition coefficient (Wildman–Crippen LogP) is 2.77. The Balaban J connectivity index is 2.18. The van der Waals surface area contributed by atoms with Gasteiger partial charge in [0.15, 0.2) is 0 Å². The van der Waals surface area contributed by atoms with E-state index in [9.17, 15) is 19.2 Å². The number of esters is 4. The van der Waals surface area contributed by atoms with Crippen LogP contribution in [0.2, 0.25) is 0 Å². The lowest BCUT2D eigenvalue weighted by Gasteiger charge is -2.20. The summed E-state index contributed by atoms with van der Waals surface area (Å²) in [5.41, 5.74) is 1.49. The van der Waals surface area contributed by atoms with Crippen molar-refractivity contribution in [3.8, 4) is 0 Å². The number of hydrogen-bond donors (Lipinski definition) is 0. The number of carbonyl (C=O) groups is 4. The van der Waals surface area contributed by atoms with E-state index in [0.29, 0.717) is 21.1 Å². The Labute approximate surface area is 202 Å². The average molecular weight is 508 g/mol. The van der Waals surface area contributed by atoms with Crippen LogP contribution >= 0.6 is 35.7 Å². The molecular weight excluding hydrogens is 490 g/mol. The Kier molecular flexibility index (Phi) is 7.61. The van der Waals surface area contributed by atoms with E-state index in [1.54, 1.807) is 24.3 Å². The van der Waals surface area contributed by atoms with Crippen molar-refractivity contribution in [1.82, 2.24) is 0 Å². The number of carbonyl (C=O) groups excluding carboxylic acids is 4. The molecule has 2 aliphatic rings. The summed E-state index contributed by atoms with van der Waals surface area (Å²) in [6.45, 7) is 0. The van der Waals surface area contributed by atoms with Gasteiger partial charge in [0.2, 0.25) is 0 Å². The molecule has 1 aromatic rings. The third-order valence-electron chi connectivity index (χ3n) is 4.46. The van der Waals surface area contributed by atoms with E-state index in [2.05, 4.69) is 4.74 Å². The standard InChI is InChI=1S/C21H17NO8S3/c1-27-13(23)9-12(18(24)28-2)22-11-8-6-5-7-10(11)14(17(22)31)21-32-15(19(25)29-3)16(33-21)20(26)30-4/h5-9H,1-4H3/b12-9+. The van der Waals surface area contributed by atoms with E-state index in [0.717, 1.165) is 29.6 Å². The molecule has 33 heavy (non-hydrogen) atoms. The lowest BCUT2D eigenvalue weighted by molar-refractivity contribution is -0.138. The van der Waals surface area contributed by atoms with Crippen LogP contribution in [-0.2, 0) is 38.1 Å². The van der Waals surface area contributed by atoms with E-state index in [4.69, 9.17) is 26.4 Å². The third kappa shape index (κ3) is 4.54. The number of nitrogens with zero attached hydrogens (tertiary/aromatic N) is 1. The Morgan fingerprint density at radius 2 is 1.45 bits per heavy atom. The number of thiocarbonyl (C=S) groups is 1. The molecule has 2 heterocycles. The molecule has 172 valence electrons. The van der Waals surface area contributed by atoms with Gasteiger partial charge in [-0.25, -0.2) is 19.2 Å². The Morgan fingerprint density at radius 1 is 0.879 bits per heavy atom. The zero-order chi connectivity index (χ0) is 24.3. The highest BCUT2D eigenvalue weighted by atomic mass is 32.2. The highest BCUT2D eigenvalue weighted by molar-refractivity contribution is 8.29. The first-order valence-corrected chi connectivity index (χ1v) is 11.2. The predicted molar refractivity (Wildman–Crippen MR) is 127 cm³/mol. The molecule has 0 bridgehead atoms. The lowest BCUT2D eigenvalue weighted by atomic mass is 10.1. The van der Waals surface area contributed by atoms with Crippen molar-refractivity contribution in [3.05, 3.63) is 55.6 Å². The van der Waals surface area contributed by atoms with Gasteiger partial charge < -0.3 is 18.9 Å². The second kappa shape index (κ2) is 10.2. The normalized spacial score (nSPS) is 15.5. The number of benzene rings is 1. The van der Waals surface area contributed by atoms with Crippen molar-refractivity contribution in [2.45, 2.75) is 0 Å². The number of ether oxygens (including phenoxy) is 4. The molecule has 0 aliphatic carbocycles. The molecule has 0 amide bonds. The minimum absolute atomic E-state index is 0.0638. The highest BCUT2D eigenvalue weighted by Crippen LogP contribution is 2.56. The summed E-state index contributed by atoms with van der Waals surface area (Å²) in [6.07, 6.45) is 0.982. The molecule has 0 saturated heterocycles. The topological polar surface area (TPSA) is 108 Å². The molecule has 0 spiro atoms. The molecule has 9 nitrogen and oxygen atoms in total. The number of thioether (sulfide) groups is 2. The van der Waals surface area contributed by atoms with E-state index < -0.39 is 23.9 Å². The monoisotopic (exact) mass is 507 g/mol. The van der Waals surface area contributed by atoms with Crippen LogP contribution in [0.3, 0.4) is 0 Å². The minimum atomic E-state index is -0.806. The third-order valence-corrected chi connectivity index (χ3v) is 7.41. The minimum Gasteiger partial charge on any atom is -0.466 e. The summed E-state index contributed by atoms with van der Waals surface area (Å²) < 4.78 is 19.6. The van der Waals surface area contributed by atoms with Crippen LogP contribution in [-0.4, -0.2) is 57.3 Å². The van der Waals surface area contributed by atoms with Gasteiger partial charge in [0.1, 0.15) is 20.5 Å². The van der Waals surface area contributed by atoms with Crippen LogP contribution in [0.4, 0.5) is 5.69 Å². The smallest absolute Gasteiger partial charge is 0.355 e. The van der Waals surface area contributed by atoms with Crippen LogP contribution in [0.15, 0.2) is 50.1 Å². The summed E-state index contributed by atoms with van der Waals surface area (Å²) in [5.74, 6) is -2.97. The van der Waals surface area contributed by atoms with Crippen LogP contribution < -0.4 is 4.90 Å². The second-order valence-corrected chi connectivity index (χ2v) is 8.90. The number of hydrogen-bond acceptors (Lipinski definition) is 11. The molecular formula is C21H17NO8S3. The number of methoxy groups -OCH3 is 4. The SMILES string of the molecule is COC(=O)/C=C(\C(=O)OC)N1C(=S)C(=C2SC(C(=O)OC)=C(C(=O)OC)S2)c2ccccc21. The van der Waals surface area contributed by atoms with Gasteiger partial charge in [-0.1, -0.05) is 53.9 Å². The molecule has 0 saturated carbocycles. The zero-order valence-corrected chi connectivity index (χ0v) is 20.3. The maximum absolute atomic E-state index is 12.5. The first-order chi connectivity index (χ1) is 15.8. The summed E-state index contributed by atoms with van der Waals surface area (Å²) in [5, 5.41) is 0. The van der Waals surface area contributed by atoms with Crippen molar-refractivity contribution >= 4 is 75.9 Å². The van der Waals surface area contributed by atoms with Crippen LogP contribution in [0.5, 0.6) is 0 Å². The van der Waals surface area contributed by atoms with Gasteiger partial charge in [-0.2, -0.15) is 0 Å². The van der Waals surface area contributed by atoms with E-state index >= 15 is 0 Å². The molecule has 3 rings (SSSR count). The molecule has 0 fully saturated rings. The molecule has 2 aliphatic heterocycles.